The molecule has 7 heteroatoms. The van der Waals surface area contributed by atoms with E-state index in [4.69, 9.17) is 4.74 Å². The second kappa shape index (κ2) is 10.1. The number of nitrogens with one attached hydrogen (secondary N) is 2. The van der Waals surface area contributed by atoms with Crippen molar-refractivity contribution in [3.05, 3.63) is 11.6 Å². The highest BCUT2D eigenvalue weighted by Crippen LogP contribution is 1.99. The van der Waals surface area contributed by atoms with Crippen molar-refractivity contribution in [3.8, 4) is 0 Å². The lowest BCUT2D eigenvalue weighted by molar-refractivity contribution is 0.145. The van der Waals surface area contributed by atoms with E-state index >= 15 is 0 Å². The molecule has 0 aliphatic rings. The van der Waals surface area contributed by atoms with Crippen molar-refractivity contribution in [3.63, 3.8) is 0 Å². The lowest BCUT2D eigenvalue weighted by Gasteiger charge is -2.12. The molecule has 120 valence electrons. The smallest absolute Gasteiger partial charge is 0.191 e. The molecule has 0 aromatic carbocycles. The van der Waals surface area contributed by atoms with Crippen LogP contribution in [0.1, 0.15) is 38.3 Å². The van der Waals surface area contributed by atoms with E-state index in [2.05, 4.69) is 32.7 Å². The second-order valence-corrected chi connectivity index (χ2v) is 4.79. The highest BCUT2D eigenvalue weighted by molar-refractivity contribution is 5.79. The topological polar surface area (TPSA) is 76.4 Å². The number of hydrogen-bond acceptors (Lipinski definition) is 4. The monoisotopic (exact) mass is 296 g/mol. The predicted octanol–water partition coefficient (Wildman–Crippen LogP) is 0.995. The summed E-state index contributed by atoms with van der Waals surface area (Å²) < 4.78 is 7.28. The molecule has 7 nitrogen and oxygen atoms in total. The molecule has 1 heterocycles. The Bertz CT molecular complexity index is 429. The van der Waals surface area contributed by atoms with Crippen molar-refractivity contribution in [2.24, 2.45) is 12.0 Å². The Balaban J connectivity index is 2.47. The van der Waals surface area contributed by atoms with Crippen molar-refractivity contribution in [2.45, 2.75) is 40.2 Å². The Morgan fingerprint density at radius 1 is 1.24 bits per heavy atom. The molecule has 1 rings (SSSR count). The number of rotatable bonds is 9. The molecule has 21 heavy (non-hydrogen) atoms. The van der Waals surface area contributed by atoms with Crippen LogP contribution >= 0.6 is 0 Å². The first-order valence-corrected chi connectivity index (χ1v) is 7.63. The Labute approximate surface area is 127 Å². The summed E-state index contributed by atoms with van der Waals surface area (Å²) in [7, 11) is 1.95. The van der Waals surface area contributed by atoms with Gasteiger partial charge < -0.3 is 19.9 Å². The zero-order chi connectivity index (χ0) is 15.5. The molecule has 0 fully saturated rings. The van der Waals surface area contributed by atoms with E-state index in [1.165, 1.54) is 0 Å². The number of hydrogen-bond donors (Lipinski definition) is 2. The largest absolute Gasteiger partial charge is 0.382 e. The number of nitrogens with zero attached hydrogens (tertiary/aromatic N) is 4. The van der Waals surface area contributed by atoms with Crippen molar-refractivity contribution in [1.29, 1.82) is 0 Å². The molecular weight excluding hydrogens is 268 g/mol. The third kappa shape index (κ3) is 6.57. The lowest BCUT2D eigenvalue weighted by Crippen LogP contribution is -2.38. The van der Waals surface area contributed by atoms with E-state index in [0.717, 1.165) is 56.8 Å². The summed E-state index contributed by atoms with van der Waals surface area (Å²) in [5, 5.41) is 14.8. The van der Waals surface area contributed by atoms with E-state index in [1.807, 2.05) is 25.5 Å². The van der Waals surface area contributed by atoms with Crippen LogP contribution in [0.25, 0.3) is 0 Å². The van der Waals surface area contributed by atoms with E-state index in [1.54, 1.807) is 0 Å². The summed E-state index contributed by atoms with van der Waals surface area (Å²) in [5.74, 6) is 2.57. The first-order chi connectivity index (χ1) is 10.2. The molecule has 0 unspecified atom stereocenters. The third-order valence-electron chi connectivity index (χ3n) is 3.07. The van der Waals surface area contributed by atoms with Gasteiger partial charge in [0.05, 0.1) is 0 Å². The van der Waals surface area contributed by atoms with Crippen molar-refractivity contribution in [2.75, 3.05) is 26.3 Å². The van der Waals surface area contributed by atoms with Gasteiger partial charge in [-0.2, -0.15) is 0 Å². The van der Waals surface area contributed by atoms with Gasteiger partial charge in [0, 0.05) is 33.4 Å². The van der Waals surface area contributed by atoms with Crippen LogP contribution in [-0.4, -0.2) is 47.0 Å². The molecule has 0 bridgehead atoms. The van der Waals surface area contributed by atoms with Crippen LogP contribution in [-0.2, 0) is 18.3 Å². The quantitative estimate of drug-likeness (QED) is 0.404. The predicted molar refractivity (Wildman–Crippen MR) is 84.3 cm³/mol. The van der Waals surface area contributed by atoms with Crippen LogP contribution in [0.3, 0.4) is 0 Å². The van der Waals surface area contributed by atoms with Gasteiger partial charge in [-0.1, -0.05) is 6.92 Å². The van der Waals surface area contributed by atoms with Gasteiger partial charge in [-0.05, 0) is 26.7 Å². The van der Waals surface area contributed by atoms with Gasteiger partial charge in [0.15, 0.2) is 11.8 Å². The van der Waals surface area contributed by atoms with Gasteiger partial charge in [-0.3, -0.25) is 0 Å². The minimum atomic E-state index is 0.516. The number of aliphatic imine (C=N–C) groups is 1. The zero-order valence-corrected chi connectivity index (χ0v) is 13.6. The Hall–Kier alpha value is -1.63. The highest BCUT2D eigenvalue weighted by atomic mass is 16.5. The first-order valence-electron chi connectivity index (χ1n) is 7.63. The van der Waals surface area contributed by atoms with Gasteiger partial charge >= 0.3 is 0 Å². The maximum atomic E-state index is 5.32. The minimum Gasteiger partial charge on any atom is -0.382 e. The van der Waals surface area contributed by atoms with E-state index in [9.17, 15) is 0 Å². The van der Waals surface area contributed by atoms with Crippen LogP contribution in [0, 0.1) is 6.92 Å². The van der Waals surface area contributed by atoms with Crippen molar-refractivity contribution >= 4 is 5.96 Å². The fourth-order valence-electron chi connectivity index (χ4n) is 1.68. The second-order valence-electron chi connectivity index (χ2n) is 4.79. The first kappa shape index (κ1) is 17.4. The van der Waals surface area contributed by atoms with Crippen molar-refractivity contribution < 1.29 is 4.74 Å². The third-order valence-corrected chi connectivity index (χ3v) is 3.07. The van der Waals surface area contributed by atoms with Crippen molar-refractivity contribution in [1.82, 2.24) is 25.4 Å². The Kier molecular flexibility index (Phi) is 8.42. The summed E-state index contributed by atoms with van der Waals surface area (Å²) in [6, 6.07) is 0. The average Bonchev–Trinajstić information content (AvgIpc) is 2.80. The number of aryl methyl sites for hydroxylation is 1. The van der Waals surface area contributed by atoms with Gasteiger partial charge in [0.25, 0.3) is 0 Å². The molecular formula is C14H28N6O. The van der Waals surface area contributed by atoms with E-state index in [0.29, 0.717) is 6.54 Å². The average molecular weight is 296 g/mol. The fraction of sp³-hybridized carbons (Fsp3) is 0.786. The molecule has 0 aliphatic heterocycles. The molecule has 0 saturated carbocycles. The molecule has 0 saturated heterocycles. The molecule has 0 spiro atoms. The van der Waals surface area contributed by atoms with Crippen LogP contribution in [0.4, 0.5) is 0 Å². The molecule has 0 amide bonds. The summed E-state index contributed by atoms with van der Waals surface area (Å²) in [5.41, 5.74) is 0. The maximum absolute atomic E-state index is 5.32. The number of ether oxygens (including phenoxy) is 1. The van der Waals surface area contributed by atoms with Crippen LogP contribution in [0.2, 0.25) is 0 Å². The molecule has 1 aromatic heterocycles. The Morgan fingerprint density at radius 2 is 2.00 bits per heavy atom. The normalized spacial score (nSPS) is 11.7. The van der Waals surface area contributed by atoms with Gasteiger partial charge in [0.2, 0.25) is 0 Å². The highest BCUT2D eigenvalue weighted by Gasteiger charge is 2.04. The Morgan fingerprint density at radius 3 is 2.62 bits per heavy atom. The van der Waals surface area contributed by atoms with Gasteiger partial charge in [0.1, 0.15) is 12.4 Å². The van der Waals surface area contributed by atoms with Gasteiger partial charge in [-0.15, -0.1) is 10.2 Å². The van der Waals surface area contributed by atoms with Crippen LogP contribution < -0.4 is 10.6 Å². The molecule has 2 N–H and O–H groups in total. The maximum Gasteiger partial charge on any atom is 0.191 e. The number of aromatic nitrogens is 3. The molecule has 0 atom stereocenters. The lowest BCUT2D eigenvalue weighted by atomic mass is 10.4. The van der Waals surface area contributed by atoms with E-state index in [-0.39, 0.29) is 0 Å². The molecule has 0 aliphatic carbocycles. The molecule has 1 aromatic rings. The van der Waals surface area contributed by atoms with E-state index < -0.39 is 0 Å². The molecule has 0 radical (unpaired) electrons. The standard InChI is InChI=1S/C14H28N6O/c1-5-8-15-14(16-9-7-10-21-6-2)17-11-13-19-18-12(3)20(13)4/h5-11H2,1-4H3,(H2,15,16,17). The number of guanidine groups is 1. The van der Waals surface area contributed by atoms with Gasteiger partial charge in [-0.25, -0.2) is 4.99 Å². The zero-order valence-electron chi connectivity index (χ0n) is 13.6. The van der Waals surface area contributed by atoms with Crippen LogP contribution in [0.5, 0.6) is 0 Å². The summed E-state index contributed by atoms with van der Waals surface area (Å²) in [6.07, 6.45) is 2.02. The fourth-order valence-corrected chi connectivity index (χ4v) is 1.68. The van der Waals surface area contributed by atoms with Crippen LogP contribution in [0.15, 0.2) is 4.99 Å². The summed E-state index contributed by atoms with van der Waals surface area (Å²) in [6.45, 7) is 9.86. The SMILES string of the molecule is CCCNC(=NCc1nnc(C)n1C)NCCCOCC. The summed E-state index contributed by atoms with van der Waals surface area (Å²) >= 11 is 0. The minimum absolute atomic E-state index is 0.516. The summed E-state index contributed by atoms with van der Waals surface area (Å²) in [4.78, 5) is 4.55.